The molecule has 0 aromatic rings. The van der Waals surface area contributed by atoms with Gasteiger partial charge in [-0.05, 0) is 0 Å². The Morgan fingerprint density at radius 1 is 1.36 bits per heavy atom. The van der Waals surface area contributed by atoms with E-state index < -0.39 is 67.8 Å². The van der Waals surface area contributed by atoms with Crippen LogP contribution in [0.25, 0.3) is 0 Å². The molecule has 0 aromatic heterocycles. The van der Waals surface area contributed by atoms with Gasteiger partial charge >= 0.3 is 0 Å². The summed E-state index contributed by atoms with van der Waals surface area (Å²) in [6.07, 6.45) is -8.11. The van der Waals surface area contributed by atoms with Crippen molar-refractivity contribution in [3.8, 4) is 0 Å². The van der Waals surface area contributed by atoms with Crippen molar-refractivity contribution in [1.82, 2.24) is 5.32 Å². The molecule has 1 aliphatic heterocycles. The van der Waals surface area contributed by atoms with E-state index in [1.807, 2.05) is 0 Å². The minimum atomic E-state index is -2.96. The molecule has 11 heteroatoms. The molecule has 1 fully saturated rings. The number of aliphatic carboxylic acids is 1. The highest BCUT2D eigenvalue weighted by Gasteiger charge is 2.50. The van der Waals surface area contributed by atoms with Gasteiger partial charge in [-0.2, -0.15) is 0 Å². The lowest BCUT2D eigenvalue weighted by molar-refractivity contribution is -0.374. The van der Waals surface area contributed by atoms with Gasteiger partial charge in [0.2, 0.25) is 11.7 Å². The molecule has 1 aliphatic rings. The fourth-order valence-electron chi connectivity index (χ4n) is 2.13. The maximum atomic E-state index is 11.2. The van der Waals surface area contributed by atoms with Gasteiger partial charge in [0.15, 0.2) is 0 Å². The Morgan fingerprint density at radius 3 is 2.41 bits per heavy atom. The smallest absolute Gasteiger partial charge is 0.246 e. The summed E-state index contributed by atoms with van der Waals surface area (Å²) in [6, 6.07) is -1.45. The molecule has 0 spiro atoms. The number of aliphatic hydroxyl groups excluding tert-OH is 5. The van der Waals surface area contributed by atoms with Crippen LogP contribution < -0.4 is 10.4 Å². The highest BCUT2D eigenvalue weighted by molar-refractivity contribution is 5.77. The third kappa shape index (κ3) is 3.89. The van der Waals surface area contributed by atoms with Gasteiger partial charge in [0.25, 0.3) is 0 Å². The first-order valence-corrected chi connectivity index (χ1v) is 6.33. The van der Waals surface area contributed by atoms with Gasteiger partial charge in [0, 0.05) is 6.42 Å². The number of rotatable bonds is 6. The molecule has 1 amide bonds. The van der Waals surface area contributed by atoms with Gasteiger partial charge in [-0.1, -0.05) is 0 Å². The average Bonchev–Trinajstić information content (AvgIpc) is 2.47. The topological polar surface area (TPSA) is 200 Å². The fourth-order valence-corrected chi connectivity index (χ4v) is 2.13. The number of hydrogen-bond donors (Lipinski definition) is 7. The standard InChI is InChI=1S/C11H19NO10/c13-2-5(16)8(18)9-7(12-6(17)3-14)4(15)1-11(21,22-9)10(19)20/h4-5,7-9,13-16,18,21H,1-3H2,(H,12,17)(H,19,20)/p-1/t4-,5+,7+,8+,9+,11+/m0/s1. The Hall–Kier alpha value is -1.34. The molecule has 0 radical (unpaired) electrons. The third-order valence-corrected chi connectivity index (χ3v) is 3.29. The van der Waals surface area contributed by atoms with Gasteiger partial charge in [-0.15, -0.1) is 0 Å². The van der Waals surface area contributed by atoms with Crippen LogP contribution in [-0.2, 0) is 14.3 Å². The molecule has 11 nitrogen and oxygen atoms in total. The van der Waals surface area contributed by atoms with Crippen molar-refractivity contribution in [2.75, 3.05) is 13.2 Å². The van der Waals surface area contributed by atoms with Crippen LogP contribution in [0.2, 0.25) is 0 Å². The number of nitrogens with one attached hydrogen (secondary N) is 1. The highest BCUT2D eigenvalue weighted by atomic mass is 16.7. The van der Waals surface area contributed by atoms with Crippen molar-refractivity contribution in [2.24, 2.45) is 0 Å². The van der Waals surface area contributed by atoms with Crippen molar-refractivity contribution in [1.29, 1.82) is 0 Å². The summed E-state index contributed by atoms with van der Waals surface area (Å²) in [6.45, 7) is -1.89. The van der Waals surface area contributed by atoms with E-state index in [2.05, 4.69) is 5.32 Å². The first-order chi connectivity index (χ1) is 10.2. The predicted molar refractivity (Wildman–Crippen MR) is 63.6 cm³/mol. The normalized spacial score (nSPS) is 34.7. The van der Waals surface area contributed by atoms with Crippen LogP contribution in [-0.4, -0.2) is 92.0 Å². The maximum Gasteiger partial charge on any atom is 0.246 e. The number of carbonyl (C=O) groups excluding carboxylic acids is 2. The van der Waals surface area contributed by atoms with Crippen molar-refractivity contribution in [2.45, 2.75) is 42.7 Å². The van der Waals surface area contributed by atoms with E-state index in [-0.39, 0.29) is 0 Å². The molecule has 22 heavy (non-hydrogen) atoms. The van der Waals surface area contributed by atoms with E-state index in [1.54, 1.807) is 0 Å². The van der Waals surface area contributed by atoms with Crippen LogP contribution >= 0.6 is 0 Å². The lowest BCUT2D eigenvalue weighted by Gasteiger charge is -2.46. The summed E-state index contributed by atoms with van der Waals surface area (Å²) in [5.41, 5.74) is 0. The van der Waals surface area contributed by atoms with Crippen molar-refractivity contribution < 1.29 is 50.1 Å². The average molecular weight is 324 g/mol. The number of carbonyl (C=O) groups is 2. The Morgan fingerprint density at radius 2 is 1.95 bits per heavy atom. The number of carboxylic acids is 1. The van der Waals surface area contributed by atoms with E-state index in [0.29, 0.717) is 0 Å². The highest BCUT2D eigenvalue weighted by Crippen LogP contribution is 2.29. The van der Waals surface area contributed by atoms with Gasteiger partial charge in [-0.3, -0.25) is 4.79 Å². The SMILES string of the molecule is O=C(CO)N[C@H]1[C@H]([C@H](O)[C@H](O)CO)O[C@@](O)(C(=O)[O-])C[C@@H]1O. The maximum absolute atomic E-state index is 11.2. The van der Waals surface area contributed by atoms with Crippen molar-refractivity contribution in [3.05, 3.63) is 0 Å². The summed E-state index contributed by atoms with van der Waals surface area (Å²) in [7, 11) is 0. The van der Waals surface area contributed by atoms with E-state index in [0.717, 1.165) is 0 Å². The minimum absolute atomic E-state index is 0.885. The van der Waals surface area contributed by atoms with Gasteiger partial charge < -0.3 is 50.6 Å². The van der Waals surface area contributed by atoms with E-state index in [1.165, 1.54) is 0 Å². The van der Waals surface area contributed by atoms with E-state index in [4.69, 9.17) is 14.9 Å². The second-order valence-electron chi connectivity index (χ2n) is 4.92. The molecular formula is C11H18NO10-. The Bertz CT molecular complexity index is 418. The van der Waals surface area contributed by atoms with Gasteiger partial charge in [0.05, 0.1) is 18.8 Å². The molecular weight excluding hydrogens is 306 g/mol. The second kappa shape index (κ2) is 7.28. The number of amides is 1. The van der Waals surface area contributed by atoms with E-state index >= 15 is 0 Å². The van der Waals surface area contributed by atoms with Crippen LogP contribution in [0.1, 0.15) is 6.42 Å². The lowest BCUT2D eigenvalue weighted by atomic mass is 9.88. The third-order valence-electron chi connectivity index (χ3n) is 3.29. The number of carboxylic acid groups (broad SMARTS) is 1. The Labute approximate surface area is 124 Å². The van der Waals surface area contributed by atoms with Crippen molar-refractivity contribution >= 4 is 11.9 Å². The zero-order valence-electron chi connectivity index (χ0n) is 11.3. The Kier molecular flexibility index (Phi) is 6.19. The van der Waals surface area contributed by atoms with Gasteiger partial charge in [-0.25, -0.2) is 0 Å². The van der Waals surface area contributed by atoms with Gasteiger partial charge in [0.1, 0.15) is 30.9 Å². The quantitative estimate of drug-likeness (QED) is 0.246. The zero-order valence-corrected chi connectivity index (χ0v) is 11.3. The minimum Gasteiger partial charge on any atom is -0.544 e. The molecule has 7 N–H and O–H groups in total. The first kappa shape index (κ1) is 18.7. The van der Waals surface area contributed by atoms with Crippen LogP contribution in [0.3, 0.4) is 0 Å². The van der Waals surface area contributed by atoms with Crippen LogP contribution in [0.4, 0.5) is 0 Å². The summed E-state index contributed by atoms with van der Waals surface area (Å²) >= 11 is 0. The first-order valence-electron chi connectivity index (χ1n) is 6.33. The van der Waals surface area contributed by atoms with E-state index in [9.17, 15) is 35.1 Å². The summed E-state index contributed by atoms with van der Waals surface area (Å²) in [5, 5.41) is 69.3. The summed E-state index contributed by atoms with van der Waals surface area (Å²) < 4.78 is 4.76. The molecule has 0 saturated carbocycles. The molecule has 128 valence electrons. The lowest BCUT2D eigenvalue weighted by Crippen LogP contribution is -2.69. The molecule has 1 saturated heterocycles. The fraction of sp³-hybridized carbons (Fsp3) is 0.818. The number of aliphatic hydroxyl groups is 6. The second-order valence-corrected chi connectivity index (χ2v) is 4.92. The van der Waals surface area contributed by atoms with Crippen molar-refractivity contribution in [3.63, 3.8) is 0 Å². The molecule has 0 unspecified atom stereocenters. The van der Waals surface area contributed by atoms with Crippen LogP contribution in [0, 0.1) is 0 Å². The molecule has 0 bridgehead atoms. The summed E-state index contributed by atoms with van der Waals surface area (Å²) in [4.78, 5) is 22.1. The molecule has 0 aliphatic carbocycles. The predicted octanol–water partition coefficient (Wildman–Crippen LogP) is -6.23. The molecule has 0 aromatic carbocycles. The number of ether oxygens (including phenoxy) is 1. The molecule has 1 rings (SSSR count). The summed E-state index contributed by atoms with van der Waals surface area (Å²) in [5.74, 6) is -6.02. The van der Waals surface area contributed by atoms with Crippen LogP contribution in [0.5, 0.6) is 0 Å². The molecule has 6 atom stereocenters. The molecule has 1 heterocycles. The van der Waals surface area contributed by atoms with Crippen LogP contribution in [0.15, 0.2) is 0 Å². The Balaban J connectivity index is 3.07. The number of hydrogen-bond acceptors (Lipinski definition) is 10. The zero-order chi connectivity index (χ0) is 17.1. The largest absolute Gasteiger partial charge is 0.544 e. The monoisotopic (exact) mass is 324 g/mol.